The van der Waals surface area contributed by atoms with Crippen molar-refractivity contribution in [3.05, 3.63) is 89.7 Å². The smallest absolute Gasteiger partial charge is 0.261 e. The van der Waals surface area contributed by atoms with E-state index in [1.165, 1.54) is 36.4 Å². The summed E-state index contributed by atoms with van der Waals surface area (Å²) in [6, 6.07) is 18.3. The third-order valence-corrected chi connectivity index (χ3v) is 6.12. The highest BCUT2D eigenvalue weighted by Crippen LogP contribution is 2.27. The number of fused-ring (bicyclic) bond motifs is 1. The molecule has 4 rings (SSSR count). The maximum atomic E-state index is 13.0. The maximum absolute atomic E-state index is 13.0. The highest BCUT2D eigenvalue weighted by atomic mass is 32.2. The Morgan fingerprint density at radius 3 is 2.40 bits per heavy atom. The van der Waals surface area contributed by atoms with Crippen LogP contribution in [0.2, 0.25) is 0 Å². The van der Waals surface area contributed by atoms with Crippen LogP contribution in [0.4, 0.5) is 10.1 Å². The average molecular weight is 426 g/mol. The predicted octanol–water partition coefficient (Wildman–Crippen LogP) is 3.36. The summed E-state index contributed by atoms with van der Waals surface area (Å²) < 4.78 is 46.0. The van der Waals surface area contributed by atoms with Crippen LogP contribution in [0.15, 0.2) is 77.7 Å². The van der Waals surface area contributed by atoms with E-state index in [1.807, 2.05) is 24.3 Å². The van der Waals surface area contributed by atoms with Gasteiger partial charge in [-0.25, -0.2) is 12.8 Å². The van der Waals surface area contributed by atoms with Gasteiger partial charge in [0.2, 0.25) is 0 Å². The second-order valence-electron chi connectivity index (χ2n) is 6.90. The second-order valence-corrected chi connectivity index (χ2v) is 8.58. The van der Waals surface area contributed by atoms with Crippen molar-refractivity contribution in [2.45, 2.75) is 17.4 Å². The molecule has 1 aliphatic rings. The lowest BCUT2D eigenvalue weighted by Crippen LogP contribution is -2.34. The molecule has 3 aromatic carbocycles. The van der Waals surface area contributed by atoms with Crippen LogP contribution in [0, 0.1) is 5.82 Å². The molecule has 30 heavy (non-hydrogen) atoms. The molecule has 0 aliphatic carbocycles. The molecule has 1 unspecified atom stereocenters. The summed E-state index contributed by atoms with van der Waals surface area (Å²) in [6.45, 7) is 0.347. The van der Waals surface area contributed by atoms with E-state index in [9.17, 15) is 17.6 Å². The largest absolute Gasteiger partial charge is 0.488 e. The maximum Gasteiger partial charge on any atom is 0.261 e. The molecule has 6 nitrogen and oxygen atoms in total. The fourth-order valence-electron chi connectivity index (χ4n) is 3.19. The Balaban J connectivity index is 1.36. The number of halogens is 1. The zero-order chi connectivity index (χ0) is 21.1. The quantitative estimate of drug-likeness (QED) is 0.633. The van der Waals surface area contributed by atoms with Gasteiger partial charge < -0.3 is 10.1 Å². The number of sulfonamides is 1. The number of carbonyl (C=O) groups is 1. The monoisotopic (exact) mass is 426 g/mol. The molecule has 0 saturated heterocycles. The highest BCUT2D eigenvalue weighted by molar-refractivity contribution is 7.92. The van der Waals surface area contributed by atoms with Crippen molar-refractivity contribution in [1.29, 1.82) is 0 Å². The molecule has 2 N–H and O–H groups in total. The summed E-state index contributed by atoms with van der Waals surface area (Å²) >= 11 is 0. The van der Waals surface area contributed by atoms with Gasteiger partial charge in [-0.1, -0.05) is 18.2 Å². The molecule has 0 bridgehead atoms. The van der Waals surface area contributed by atoms with Crippen molar-refractivity contribution in [3.63, 3.8) is 0 Å². The van der Waals surface area contributed by atoms with Gasteiger partial charge in [0, 0.05) is 17.7 Å². The molecule has 0 aromatic heterocycles. The van der Waals surface area contributed by atoms with Crippen molar-refractivity contribution < 1.29 is 22.3 Å². The first-order valence-electron chi connectivity index (χ1n) is 9.32. The van der Waals surface area contributed by atoms with Crippen molar-refractivity contribution in [3.8, 4) is 5.75 Å². The van der Waals surface area contributed by atoms with E-state index in [-0.39, 0.29) is 22.6 Å². The average Bonchev–Trinajstić information content (AvgIpc) is 3.17. The number of hydrogen-bond donors (Lipinski definition) is 2. The molecular weight excluding hydrogens is 407 g/mol. The summed E-state index contributed by atoms with van der Waals surface area (Å²) in [7, 11) is -3.85. The van der Waals surface area contributed by atoms with Gasteiger partial charge in [-0.05, 0) is 60.2 Å². The minimum atomic E-state index is -3.85. The zero-order valence-corrected chi connectivity index (χ0v) is 16.7. The van der Waals surface area contributed by atoms with E-state index < -0.39 is 15.8 Å². The predicted molar refractivity (Wildman–Crippen MR) is 111 cm³/mol. The molecule has 0 spiro atoms. The van der Waals surface area contributed by atoms with E-state index in [1.54, 1.807) is 0 Å². The van der Waals surface area contributed by atoms with Crippen LogP contribution in [-0.2, 0) is 16.4 Å². The Hall–Kier alpha value is -3.39. The van der Waals surface area contributed by atoms with Crippen LogP contribution >= 0.6 is 0 Å². The van der Waals surface area contributed by atoms with Crippen molar-refractivity contribution in [1.82, 2.24) is 5.32 Å². The number of rotatable bonds is 6. The summed E-state index contributed by atoms with van der Waals surface area (Å²) in [4.78, 5) is 12.4. The summed E-state index contributed by atoms with van der Waals surface area (Å²) in [6.07, 6.45) is 0.591. The molecule has 0 fully saturated rings. The number of ether oxygens (including phenoxy) is 1. The molecule has 1 heterocycles. The first-order valence-corrected chi connectivity index (χ1v) is 10.8. The number of amides is 1. The molecular formula is C22H19FN2O4S. The number of para-hydroxylation sites is 1. The van der Waals surface area contributed by atoms with Crippen molar-refractivity contribution in [2.75, 3.05) is 11.3 Å². The topological polar surface area (TPSA) is 84.5 Å². The SMILES string of the molecule is O=C(NCC1Cc2ccccc2O1)c1ccc(S(=O)(=O)Nc2ccc(F)cc2)cc1. The van der Waals surface area contributed by atoms with E-state index >= 15 is 0 Å². The first-order chi connectivity index (χ1) is 14.4. The Bertz CT molecular complexity index is 1140. The molecule has 1 amide bonds. The first kappa shape index (κ1) is 19.9. The molecule has 8 heteroatoms. The van der Waals surface area contributed by atoms with Gasteiger partial charge in [-0.15, -0.1) is 0 Å². The second kappa shape index (κ2) is 8.16. The number of anilines is 1. The molecule has 1 aliphatic heterocycles. The van der Waals surface area contributed by atoms with Crippen LogP contribution in [-0.4, -0.2) is 27.0 Å². The van der Waals surface area contributed by atoms with Crippen LogP contribution in [0.25, 0.3) is 0 Å². The van der Waals surface area contributed by atoms with Crippen LogP contribution in [0.5, 0.6) is 5.75 Å². The number of nitrogens with one attached hydrogen (secondary N) is 2. The molecule has 1 atom stereocenters. The van der Waals surface area contributed by atoms with Crippen LogP contribution < -0.4 is 14.8 Å². The van der Waals surface area contributed by atoms with E-state index in [2.05, 4.69) is 10.0 Å². The van der Waals surface area contributed by atoms with E-state index in [4.69, 9.17) is 4.74 Å². The van der Waals surface area contributed by atoms with Crippen LogP contribution in [0.1, 0.15) is 15.9 Å². The summed E-state index contributed by atoms with van der Waals surface area (Å²) in [5, 5.41) is 2.81. The molecule has 0 radical (unpaired) electrons. The normalized spacial score (nSPS) is 15.2. The number of hydrogen-bond acceptors (Lipinski definition) is 4. The standard InChI is InChI=1S/C22H19FN2O4S/c23-17-7-9-18(10-8-17)25-30(27,28)20-11-5-15(6-12-20)22(26)24-14-19-13-16-3-1-2-4-21(16)29-19/h1-12,19,25H,13-14H2,(H,24,26). The fraction of sp³-hybridized carbons (Fsp3) is 0.136. The lowest BCUT2D eigenvalue weighted by molar-refractivity contribution is 0.0933. The number of benzene rings is 3. The van der Waals surface area contributed by atoms with Gasteiger partial charge in [-0.2, -0.15) is 0 Å². The Labute approximate surface area is 173 Å². The van der Waals surface area contributed by atoms with Crippen molar-refractivity contribution in [2.24, 2.45) is 0 Å². The minimum Gasteiger partial charge on any atom is -0.488 e. The molecule has 0 saturated carbocycles. The zero-order valence-electron chi connectivity index (χ0n) is 15.8. The summed E-state index contributed by atoms with van der Waals surface area (Å²) in [5.41, 5.74) is 1.70. The van der Waals surface area contributed by atoms with Gasteiger partial charge in [0.1, 0.15) is 17.7 Å². The fourth-order valence-corrected chi connectivity index (χ4v) is 4.25. The highest BCUT2D eigenvalue weighted by Gasteiger charge is 2.23. The third-order valence-electron chi connectivity index (χ3n) is 4.73. The number of carbonyl (C=O) groups excluding carboxylic acids is 1. The van der Waals surface area contributed by atoms with Gasteiger partial charge >= 0.3 is 0 Å². The Kier molecular flexibility index (Phi) is 5.41. The Morgan fingerprint density at radius 1 is 1.00 bits per heavy atom. The van der Waals surface area contributed by atoms with Gasteiger partial charge in [-0.3, -0.25) is 9.52 Å². The minimum absolute atomic E-state index is 0.00190. The molecule has 3 aromatic rings. The summed E-state index contributed by atoms with van der Waals surface area (Å²) in [5.74, 6) is 0.0603. The van der Waals surface area contributed by atoms with Crippen LogP contribution in [0.3, 0.4) is 0 Å². The molecule has 154 valence electrons. The lowest BCUT2D eigenvalue weighted by Gasteiger charge is -2.12. The van der Waals surface area contributed by atoms with Gasteiger partial charge in [0.25, 0.3) is 15.9 Å². The third kappa shape index (κ3) is 4.44. The lowest BCUT2D eigenvalue weighted by atomic mass is 10.1. The van der Waals surface area contributed by atoms with E-state index in [0.717, 1.165) is 29.9 Å². The van der Waals surface area contributed by atoms with Gasteiger partial charge in [0.15, 0.2) is 0 Å². The van der Waals surface area contributed by atoms with Gasteiger partial charge in [0.05, 0.1) is 11.4 Å². The Morgan fingerprint density at radius 2 is 1.70 bits per heavy atom. The van der Waals surface area contributed by atoms with Crippen molar-refractivity contribution >= 4 is 21.6 Å². The van der Waals surface area contributed by atoms with E-state index in [0.29, 0.717) is 12.1 Å².